The summed E-state index contributed by atoms with van der Waals surface area (Å²) in [6, 6.07) is 54.9. The fraction of sp³-hybridized carbons (Fsp3) is 0. The highest BCUT2D eigenvalue weighted by Gasteiger charge is 2.17. The minimum Gasteiger partial charge on any atom is -0.456 e. The molecule has 0 atom stereocenters. The van der Waals surface area contributed by atoms with Crippen molar-refractivity contribution < 1.29 is 8.83 Å². The van der Waals surface area contributed by atoms with Gasteiger partial charge >= 0.3 is 0 Å². The molecule has 0 radical (unpaired) electrons. The van der Waals surface area contributed by atoms with Gasteiger partial charge in [-0.1, -0.05) is 97.1 Å². The molecule has 0 spiro atoms. The Hall–Kier alpha value is -6.39. The van der Waals surface area contributed by atoms with E-state index in [1.807, 2.05) is 30.3 Å². The first-order valence-corrected chi connectivity index (χ1v) is 15.8. The number of aromatic nitrogens is 2. The molecular weight excluding hydrogens is 576 g/mol. The van der Waals surface area contributed by atoms with Crippen molar-refractivity contribution in [3.63, 3.8) is 0 Å². The molecule has 4 nitrogen and oxygen atoms in total. The van der Waals surface area contributed by atoms with Crippen molar-refractivity contribution in [2.45, 2.75) is 0 Å². The summed E-state index contributed by atoms with van der Waals surface area (Å²) in [7, 11) is 0. The maximum absolute atomic E-state index is 6.33. The maximum atomic E-state index is 6.33. The van der Waals surface area contributed by atoms with Crippen LogP contribution in [-0.2, 0) is 0 Å². The molecule has 0 fully saturated rings. The van der Waals surface area contributed by atoms with Crippen molar-refractivity contribution in [1.82, 2.24) is 9.55 Å². The molecule has 0 unspecified atom stereocenters. The molecule has 10 rings (SSSR count). The normalized spacial score (nSPS) is 11.8. The molecule has 0 saturated heterocycles. The summed E-state index contributed by atoms with van der Waals surface area (Å²) in [5.74, 6) is 0.929. The second-order valence-corrected chi connectivity index (χ2v) is 12.0. The van der Waals surface area contributed by atoms with Gasteiger partial charge in [0.15, 0.2) is 0 Å². The first-order valence-electron chi connectivity index (χ1n) is 15.8. The molecule has 7 aromatic carbocycles. The molecule has 4 heteroatoms. The third-order valence-corrected chi connectivity index (χ3v) is 9.20. The maximum Gasteiger partial charge on any atom is 0.145 e. The summed E-state index contributed by atoms with van der Waals surface area (Å²) in [6.45, 7) is 0. The SMILES string of the molecule is c1ccc(-c2nc3cc(-c4cccc(-c5ccc6oc7cc8c(cc7c6c5)oc5ccccc58)c4)ccc3n2-c2ccccc2)cc1. The number of para-hydroxylation sites is 2. The van der Waals surface area contributed by atoms with E-state index in [9.17, 15) is 0 Å². The Morgan fingerprint density at radius 1 is 0.383 bits per heavy atom. The van der Waals surface area contributed by atoms with Gasteiger partial charge in [-0.3, -0.25) is 4.57 Å². The molecule has 3 heterocycles. The van der Waals surface area contributed by atoms with Crippen molar-refractivity contribution in [2.75, 3.05) is 0 Å². The Morgan fingerprint density at radius 2 is 0.957 bits per heavy atom. The third-order valence-electron chi connectivity index (χ3n) is 9.20. The predicted molar refractivity (Wildman–Crippen MR) is 192 cm³/mol. The molecular formula is C43H26N2O2. The molecule has 0 saturated carbocycles. The third kappa shape index (κ3) is 4.12. The Kier molecular flexibility index (Phi) is 5.54. The summed E-state index contributed by atoms with van der Waals surface area (Å²) in [6.07, 6.45) is 0. The predicted octanol–water partition coefficient (Wildman–Crippen LogP) is 11.8. The van der Waals surface area contributed by atoms with Crippen molar-refractivity contribution in [3.8, 4) is 39.3 Å². The van der Waals surface area contributed by atoms with E-state index in [-0.39, 0.29) is 0 Å². The van der Waals surface area contributed by atoms with Crippen LogP contribution >= 0.6 is 0 Å². The Morgan fingerprint density at radius 3 is 1.74 bits per heavy atom. The highest BCUT2D eigenvalue weighted by Crippen LogP contribution is 2.39. The summed E-state index contributed by atoms with van der Waals surface area (Å²) >= 11 is 0. The van der Waals surface area contributed by atoms with Gasteiger partial charge in [-0.15, -0.1) is 0 Å². The van der Waals surface area contributed by atoms with E-state index in [4.69, 9.17) is 13.8 Å². The van der Waals surface area contributed by atoms with Gasteiger partial charge in [-0.05, 0) is 82.9 Å². The number of fused-ring (bicyclic) bond motifs is 7. The molecule has 0 bridgehead atoms. The second-order valence-electron chi connectivity index (χ2n) is 12.0. The van der Waals surface area contributed by atoms with Crippen molar-refractivity contribution in [1.29, 1.82) is 0 Å². The van der Waals surface area contributed by atoms with Crippen LogP contribution in [0.3, 0.4) is 0 Å². The van der Waals surface area contributed by atoms with E-state index < -0.39 is 0 Å². The zero-order chi connectivity index (χ0) is 30.9. The van der Waals surface area contributed by atoms with E-state index in [0.717, 1.165) is 94.2 Å². The average Bonchev–Trinajstić information content (AvgIpc) is 3.81. The van der Waals surface area contributed by atoms with Crippen LogP contribution in [0.15, 0.2) is 167 Å². The number of nitrogens with zero attached hydrogens (tertiary/aromatic N) is 2. The van der Waals surface area contributed by atoms with Crippen molar-refractivity contribution >= 4 is 54.9 Å². The summed E-state index contributed by atoms with van der Waals surface area (Å²) in [5, 5.41) is 4.30. The van der Waals surface area contributed by atoms with Crippen LogP contribution in [0.25, 0.3) is 94.2 Å². The van der Waals surface area contributed by atoms with Gasteiger partial charge in [0, 0.05) is 32.8 Å². The van der Waals surface area contributed by atoms with E-state index in [1.165, 1.54) is 0 Å². The van der Waals surface area contributed by atoms with Crippen molar-refractivity contribution in [3.05, 3.63) is 158 Å². The molecule has 0 amide bonds. The second kappa shape index (κ2) is 10.1. The zero-order valence-corrected chi connectivity index (χ0v) is 25.2. The monoisotopic (exact) mass is 602 g/mol. The Labute approximate surface area is 269 Å². The summed E-state index contributed by atoms with van der Waals surface area (Å²) < 4.78 is 14.8. The van der Waals surface area contributed by atoms with Crippen LogP contribution in [0.5, 0.6) is 0 Å². The smallest absolute Gasteiger partial charge is 0.145 e. The average molecular weight is 603 g/mol. The van der Waals surface area contributed by atoms with Crippen LogP contribution in [0.2, 0.25) is 0 Å². The molecule has 47 heavy (non-hydrogen) atoms. The van der Waals surface area contributed by atoms with Crippen LogP contribution in [0.1, 0.15) is 0 Å². The van der Waals surface area contributed by atoms with Crippen LogP contribution in [0.4, 0.5) is 0 Å². The number of benzene rings is 7. The Bertz CT molecular complexity index is 2790. The van der Waals surface area contributed by atoms with Crippen LogP contribution in [0, 0.1) is 0 Å². The molecule has 0 aliphatic carbocycles. The summed E-state index contributed by atoms with van der Waals surface area (Å²) in [5.41, 5.74) is 12.2. The molecule has 10 aromatic rings. The molecule has 0 aliphatic rings. The highest BCUT2D eigenvalue weighted by atomic mass is 16.3. The van der Waals surface area contributed by atoms with Gasteiger partial charge < -0.3 is 8.83 Å². The molecule has 0 aliphatic heterocycles. The van der Waals surface area contributed by atoms with E-state index >= 15 is 0 Å². The lowest BCUT2D eigenvalue weighted by Gasteiger charge is -2.10. The highest BCUT2D eigenvalue weighted by molar-refractivity contribution is 6.15. The lowest BCUT2D eigenvalue weighted by Crippen LogP contribution is -1.97. The van der Waals surface area contributed by atoms with Crippen LogP contribution < -0.4 is 0 Å². The number of hydrogen-bond donors (Lipinski definition) is 0. The number of rotatable bonds is 4. The van der Waals surface area contributed by atoms with Gasteiger partial charge in [0.25, 0.3) is 0 Å². The van der Waals surface area contributed by atoms with Gasteiger partial charge in [0.2, 0.25) is 0 Å². The van der Waals surface area contributed by atoms with E-state index in [1.54, 1.807) is 0 Å². The number of hydrogen-bond acceptors (Lipinski definition) is 3. The lowest BCUT2D eigenvalue weighted by atomic mass is 9.97. The van der Waals surface area contributed by atoms with Crippen molar-refractivity contribution in [2.24, 2.45) is 0 Å². The first kappa shape index (κ1) is 25.9. The molecule has 3 aromatic heterocycles. The molecule has 220 valence electrons. The van der Waals surface area contributed by atoms with E-state index in [2.05, 4.69) is 132 Å². The quantitative estimate of drug-likeness (QED) is 0.201. The van der Waals surface area contributed by atoms with Gasteiger partial charge in [-0.2, -0.15) is 0 Å². The van der Waals surface area contributed by atoms with Gasteiger partial charge in [-0.25, -0.2) is 4.98 Å². The first-order chi connectivity index (χ1) is 23.3. The standard InChI is InChI=1S/C43H26N2O2/c1-3-10-27(11-4-1)43-44-37-24-31(18-20-38(37)45(43)32-14-5-2-6-15-32)29-13-9-12-28(22-29)30-19-21-40-34(23-30)36-26-41-35(25-42(36)47-40)33-16-7-8-17-39(33)46-41/h1-26H. The Balaban J connectivity index is 1.07. The summed E-state index contributed by atoms with van der Waals surface area (Å²) in [4.78, 5) is 5.16. The zero-order valence-electron chi connectivity index (χ0n) is 25.2. The van der Waals surface area contributed by atoms with Gasteiger partial charge in [0.05, 0.1) is 11.0 Å². The largest absolute Gasteiger partial charge is 0.456 e. The van der Waals surface area contributed by atoms with Crippen LogP contribution in [-0.4, -0.2) is 9.55 Å². The fourth-order valence-electron chi connectivity index (χ4n) is 6.93. The minimum atomic E-state index is 0.864. The minimum absolute atomic E-state index is 0.864. The topological polar surface area (TPSA) is 44.1 Å². The lowest BCUT2D eigenvalue weighted by molar-refractivity contribution is 0.664. The van der Waals surface area contributed by atoms with E-state index in [0.29, 0.717) is 0 Å². The fourth-order valence-corrected chi connectivity index (χ4v) is 6.93. The number of imidazole rings is 1. The van der Waals surface area contributed by atoms with Gasteiger partial charge in [0.1, 0.15) is 28.2 Å². The number of furan rings is 2. The molecule has 0 N–H and O–H groups in total.